The van der Waals surface area contributed by atoms with Gasteiger partial charge in [0.05, 0.1) is 26.1 Å². The quantitative estimate of drug-likeness (QED) is 0.635. The predicted molar refractivity (Wildman–Crippen MR) is 75.2 cm³/mol. The second kappa shape index (κ2) is 6.49. The van der Waals surface area contributed by atoms with Gasteiger partial charge in [-0.05, 0) is 18.1 Å². The van der Waals surface area contributed by atoms with E-state index in [0.29, 0.717) is 6.54 Å². The van der Waals surface area contributed by atoms with Crippen molar-refractivity contribution in [3.05, 3.63) is 35.4 Å². The van der Waals surface area contributed by atoms with Gasteiger partial charge in [0.2, 0.25) is 11.8 Å². The van der Waals surface area contributed by atoms with E-state index in [2.05, 4.69) is 10.1 Å². The van der Waals surface area contributed by atoms with Gasteiger partial charge in [-0.3, -0.25) is 24.6 Å². The number of nitrogens with zero attached hydrogens (tertiary/aromatic N) is 1. The molecule has 2 amide bonds. The van der Waals surface area contributed by atoms with Crippen molar-refractivity contribution in [2.75, 3.05) is 13.7 Å². The Morgan fingerprint density at radius 3 is 2.67 bits per heavy atom. The second-order valence-electron chi connectivity index (χ2n) is 5.02. The maximum Gasteiger partial charge on any atom is 0.309 e. The average molecular weight is 290 g/mol. The smallest absolute Gasteiger partial charge is 0.309 e. The van der Waals surface area contributed by atoms with Crippen molar-refractivity contribution in [2.24, 2.45) is 0 Å². The van der Waals surface area contributed by atoms with E-state index in [0.717, 1.165) is 11.1 Å². The van der Waals surface area contributed by atoms with Crippen molar-refractivity contribution in [3.8, 4) is 0 Å². The van der Waals surface area contributed by atoms with Gasteiger partial charge in [-0.2, -0.15) is 0 Å². The van der Waals surface area contributed by atoms with Crippen LogP contribution in [0.15, 0.2) is 24.3 Å². The van der Waals surface area contributed by atoms with Crippen molar-refractivity contribution in [3.63, 3.8) is 0 Å². The fraction of sp³-hybridized carbons (Fsp3) is 0.400. The highest BCUT2D eigenvalue weighted by molar-refractivity contribution is 6.00. The van der Waals surface area contributed by atoms with Crippen molar-refractivity contribution in [2.45, 2.75) is 25.9 Å². The van der Waals surface area contributed by atoms with Crippen molar-refractivity contribution in [1.82, 2.24) is 10.2 Å². The van der Waals surface area contributed by atoms with Crippen molar-refractivity contribution >= 4 is 17.8 Å². The molecule has 1 fully saturated rings. The number of rotatable bonds is 4. The zero-order chi connectivity index (χ0) is 15.4. The Hall–Kier alpha value is -2.21. The Labute approximate surface area is 123 Å². The molecule has 0 bridgehead atoms. The van der Waals surface area contributed by atoms with Crippen LogP contribution in [0.1, 0.15) is 18.1 Å². The largest absolute Gasteiger partial charge is 0.469 e. The topological polar surface area (TPSA) is 75.7 Å². The predicted octanol–water partition coefficient (Wildman–Crippen LogP) is 0.249. The van der Waals surface area contributed by atoms with Crippen molar-refractivity contribution < 1.29 is 19.1 Å². The van der Waals surface area contributed by atoms with Gasteiger partial charge in [-0.25, -0.2) is 0 Å². The van der Waals surface area contributed by atoms with Gasteiger partial charge in [0.1, 0.15) is 0 Å². The van der Waals surface area contributed by atoms with Crippen LogP contribution < -0.4 is 5.32 Å². The molecule has 1 aliphatic heterocycles. The number of hydrogen-bond acceptors (Lipinski definition) is 5. The van der Waals surface area contributed by atoms with E-state index in [1.54, 1.807) is 11.8 Å². The molecule has 6 heteroatoms. The monoisotopic (exact) mass is 290 g/mol. The van der Waals surface area contributed by atoms with Crippen LogP contribution in [0.2, 0.25) is 0 Å². The molecule has 0 saturated carbocycles. The normalized spacial score (nSPS) is 19.2. The Morgan fingerprint density at radius 2 is 2.00 bits per heavy atom. The summed E-state index contributed by atoms with van der Waals surface area (Å²) in [6.07, 6.45) is 0.176. The minimum absolute atomic E-state index is 0.166. The number of ether oxygens (including phenoxy) is 1. The standard InChI is InChI=1S/C15H18N2O4/c1-10-15(20)16-13(18)9-17(10)8-12-6-4-3-5-11(12)7-14(19)21-2/h3-6,10H,7-9H2,1-2H3,(H,16,18,20). The first-order valence-electron chi connectivity index (χ1n) is 6.72. The SMILES string of the molecule is COC(=O)Cc1ccccc1CN1CC(=O)NC(=O)C1C. The molecule has 1 aliphatic rings. The lowest BCUT2D eigenvalue weighted by molar-refractivity contribution is -0.141. The van der Waals surface area contributed by atoms with E-state index in [4.69, 9.17) is 0 Å². The third-order valence-corrected chi connectivity index (χ3v) is 3.59. The number of hydrogen-bond donors (Lipinski definition) is 1. The lowest BCUT2D eigenvalue weighted by Gasteiger charge is -2.32. The summed E-state index contributed by atoms with van der Waals surface area (Å²) in [5.74, 6) is -0.914. The first kappa shape index (κ1) is 15.2. The zero-order valence-corrected chi connectivity index (χ0v) is 12.1. The second-order valence-corrected chi connectivity index (χ2v) is 5.02. The van der Waals surface area contributed by atoms with Crippen LogP contribution in [0, 0.1) is 0 Å². The number of piperazine rings is 1. The Kier molecular flexibility index (Phi) is 4.70. The third-order valence-electron chi connectivity index (χ3n) is 3.59. The molecular weight excluding hydrogens is 272 g/mol. The van der Waals surface area contributed by atoms with Crippen LogP contribution >= 0.6 is 0 Å². The summed E-state index contributed by atoms with van der Waals surface area (Å²) in [5.41, 5.74) is 1.76. The van der Waals surface area contributed by atoms with Gasteiger partial charge in [-0.1, -0.05) is 24.3 Å². The number of carbonyl (C=O) groups is 3. The first-order chi connectivity index (χ1) is 10.0. The summed E-state index contributed by atoms with van der Waals surface area (Å²) in [7, 11) is 1.35. The summed E-state index contributed by atoms with van der Waals surface area (Å²) in [4.78, 5) is 36.4. The molecule has 1 saturated heterocycles. The van der Waals surface area contributed by atoms with E-state index >= 15 is 0 Å². The van der Waals surface area contributed by atoms with E-state index in [1.807, 2.05) is 24.3 Å². The minimum Gasteiger partial charge on any atom is -0.469 e. The number of esters is 1. The van der Waals surface area contributed by atoms with Crippen LogP contribution in [0.25, 0.3) is 0 Å². The number of amides is 2. The maximum absolute atomic E-state index is 11.7. The van der Waals surface area contributed by atoms with E-state index < -0.39 is 0 Å². The molecule has 1 aromatic carbocycles. The summed E-state index contributed by atoms with van der Waals surface area (Å²) in [6.45, 7) is 2.36. The molecule has 1 atom stereocenters. The number of methoxy groups -OCH3 is 1. The number of carbonyl (C=O) groups excluding carboxylic acids is 3. The van der Waals surface area contributed by atoms with Crippen LogP contribution in [0.3, 0.4) is 0 Å². The third kappa shape index (κ3) is 3.66. The molecule has 21 heavy (non-hydrogen) atoms. The number of imide groups is 1. The van der Waals surface area contributed by atoms with Crippen LogP contribution in [-0.4, -0.2) is 42.4 Å². The van der Waals surface area contributed by atoms with Crippen LogP contribution in [0.5, 0.6) is 0 Å². The Bertz CT molecular complexity index is 571. The number of benzene rings is 1. The highest BCUT2D eigenvalue weighted by Gasteiger charge is 2.30. The van der Waals surface area contributed by atoms with Gasteiger partial charge >= 0.3 is 5.97 Å². The lowest BCUT2D eigenvalue weighted by Crippen LogP contribution is -2.56. The number of nitrogens with one attached hydrogen (secondary N) is 1. The van der Waals surface area contributed by atoms with Gasteiger partial charge in [-0.15, -0.1) is 0 Å². The minimum atomic E-state index is -0.381. The van der Waals surface area contributed by atoms with E-state index in [1.165, 1.54) is 7.11 Å². The molecule has 6 nitrogen and oxygen atoms in total. The molecule has 1 aromatic rings. The Balaban J connectivity index is 2.17. The molecule has 1 heterocycles. The molecule has 2 rings (SSSR count). The molecular formula is C15H18N2O4. The highest BCUT2D eigenvalue weighted by Crippen LogP contribution is 2.16. The molecule has 0 spiro atoms. The first-order valence-corrected chi connectivity index (χ1v) is 6.72. The Morgan fingerprint density at radius 1 is 1.33 bits per heavy atom. The van der Waals surface area contributed by atoms with E-state index in [9.17, 15) is 14.4 Å². The fourth-order valence-electron chi connectivity index (χ4n) is 2.29. The van der Waals surface area contributed by atoms with Gasteiger partial charge in [0.25, 0.3) is 0 Å². The zero-order valence-electron chi connectivity index (χ0n) is 12.1. The summed E-state index contributed by atoms with van der Waals surface area (Å²) < 4.78 is 4.68. The average Bonchev–Trinajstić information content (AvgIpc) is 2.46. The van der Waals surface area contributed by atoms with Gasteiger partial charge < -0.3 is 4.74 Å². The summed E-state index contributed by atoms with van der Waals surface area (Å²) in [6, 6.07) is 7.07. The summed E-state index contributed by atoms with van der Waals surface area (Å²) >= 11 is 0. The molecule has 112 valence electrons. The molecule has 0 radical (unpaired) electrons. The van der Waals surface area contributed by atoms with Gasteiger partial charge in [0.15, 0.2) is 0 Å². The van der Waals surface area contributed by atoms with Gasteiger partial charge in [0, 0.05) is 6.54 Å². The van der Waals surface area contributed by atoms with Crippen molar-refractivity contribution in [1.29, 1.82) is 0 Å². The molecule has 1 N–H and O–H groups in total. The molecule has 0 aliphatic carbocycles. The lowest BCUT2D eigenvalue weighted by atomic mass is 10.0. The van der Waals surface area contributed by atoms with E-state index in [-0.39, 0.29) is 36.8 Å². The molecule has 1 unspecified atom stereocenters. The maximum atomic E-state index is 11.7. The highest BCUT2D eigenvalue weighted by atomic mass is 16.5. The summed E-state index contributed by atoms with van der Waals surface area (Å²) in [5, 5.41) is 2.31. The van der Waals surface area contributed by atoms with Crippen LogP contribution in [-0.2, 0) is 32.1 Å². The fourth-order valence-corrected chi connectivity index (χ4v) is 2.29. The molecule has 0 aromatic heterocycles. The van der Waals surface area contributed by atoms with Crippen LogP contribution in [0.4, 0.5) is 0 Å².